The molecule has 0 aromatic carbocycles. The molecule has 17 nitrogen and oxygen atoms in total. The number of amides is 2. The van der Waals surface area contributed by atoms with Gasteiger partial charge in [0.15, 0.2) is 5.82 Å². The summed E-state index contributed by atoms with van der Waals surface area (Å²) in [5.41, 5.74) is 0.237. The topological polar surface area (TPSA) is 219 Å². The van der Waals surface area contributed by atoms with Crippen LogP contribution < -0.4 is 10.6 Å². The molecule has 0 atom stereocenters. The summed E-state index contributed by atoms with van der Waals surface area (Å²) in [6.07, 6.45) is 2.15. The second-order valence-electron chi connectivity index (χ2n) is 6.41. The highest BCUT2D eigenvalue weighted by Gasteiger charge is 2.25. The van der Waals surface area contributed by atoms with E-state index in [2.05, 4.69) is 46.9 Å². The van der Waals surface area contributed by atoms with Crippen LogP contribution in [-0.2, 0) is 17.9 Å². The van der Waals surface area contributed by atoms with Crippen molar-refractivity contribution in [2.45, 2.75) is 20.0 Å². The molecule has 33 heavy (non-hydrogen) atoms. The zero-order chi connectivity index (χ0) is 24.1. The van der Waals surface area contributed by atoms with E-state index in [0.29, 0.717) is 5.69 Å². The molecule has 0 saturated heterocycles. The predicted molar refractivity (Wildman–Crippen MR) is 109 cm³/mol. The van der Waals surface area contributed by atoms with Crippen molar-refractivity contribution in [1.82, 2.24) is 40.3 Å². The minimum Gasteiger partial charge on any atom is -0.358 e. The molecular formula is C15H15BrN10O7. The monoisotopic (exact) mass is 526 g/mol. The summed E-state index contributed by atoms with van der Waals surface area (Å²) in [5, 5.41) is 37.7. The summed E-state index contributed by atoms with van der Waals surface area (Å²) < 4.78 is 7.51. The first-order chi connectivity index (χ1) is 15.7. The molecule has 3 aromatic rings. The second-order valence-corrected chi connectivity index (χ2v) is 7.21. The smallest absolute Gasteiger partial charge is 0.358 e. The molecule has 0 saturated carbocycles. The Morgan fingerprint density at radius 3 is 2.58 bits per heavy atom. The standard InChI is InChI=1S/C15H15BrN10O7/c1-8-12(16)13(26(31)32)21-24(8)6-10-20-15(33-22-10)14(28)18-3-2-17-11(27)7-23-5-9(4-19-23)25(29)30/h4-5H,2-3,6-7H2,1H3,(H,17,27)(H,18,28). The van der Waals surface area contributed by atoms with Crippen molar-refractivity contribution in [3.8, 4) is 0 Å². The molecule has 18 heteroatoms. The fourth-order valence-corrected chi connectivity index (χ4v) is 2.94. The van der Waals surface area contributed by atoms with Crippen molar-refractivity contribution in [3.05, 3.63) is 54.5 Å². The van der Waals surface area contributed by atoms with Gasteiger partial charge in [-0.1, -0.05) is 5.16 Å². The molecule has 0 spiro atoms. The number of nitrogens with one attached hydrogen (secondary N) is 2. The molecule has 0 fully saturated rings. The lowest BCUT2D eigenvalue weighted by molar-refractivity contribution is -0.390. The van der Waals surface area contributed by atoms with Gasteiger partial charge in [-0.15, -0.1) is 0 Å². The highest BCUT2D eigenvalue weighted by molar-refractivity contribution is 9.10. The summed E-state index contributed by atoms with van der Waals surface area (Å²) in [6, 6.07) is 0. The van der Waals surface area contributed by atoms with E-state index in [-0.39, 0.29) is 53.9 Å². The third-order valence-corrected chi connectivity index (χ3v) is 5.04. The Labute approximate surface area is 191 Å². The molecule has 2 N–H and O–H groups in total. The van der Waals surface area contributed by atoms with E-state index >= 15 is 0 Å². The zero-order valence-corrected chi connectivity index (χ0v) is 18.4. The molecule has 3 rings (SSSR count). The van der Waals surface area contributed by atoms with Crippen LogP contribution >= 0.6 is 15.9 Å². The number of nitrogens with zero attached hydrogens (tertiary/aromatic N) is 8. The van der Waals surface area contributed by atoms with Gasteiger partial charge in [0.05, 0.1) is 15.7 Å². The largest absolute Gasteiger partial charge is 0.404 e. The molecule has 3 aromatic heterocycles. The van der Waals surface area contributed by atoms with Gasteiger partial charge in [0.25, 0.3) is 0 Å². The van der Waals surface area contributed by atoms with Gasteiger partial charge in [0, 0.05) is 13.1 Å². The third kappa shape index (κ3) is 5.73. The maximum absolute atomic E-state index is 12.1. The van der Waals surface area contributed by atoms with Crippen LogP contribution in [0.3, 0.4) is 0 Å². The van der Waals surface area contributed by atoms with Crippen LogP contribution in [0.4, 0.5) is 11.5 Å². The fourth-order valence-electron chi connectivity index (χ4n) is 2.51. The van der Waals surface area contributed by atoms with Crippen LogP contribution in [0, 0.1) is 27.2 Å². The van der Waals surface area contributed by atoms with Crippen LogP contribution in [0.25, 0.3) is 0 Å². The van der Waals surface area contributed by atoms with Crippen molar-refractivity contribution in [1.29, 1.82) is 0 Å². The lowest BCUT2D eigenvalue weighted by Crippen LogP contribution is -2.36. The maximum Gasteiger partial charge on any atom is 0.404 e. The van der Waals surface area contributed by atoms with Crippen LogP contribution in [0.5, 0.6) is 0 Å². The van der Waals surface area contributed by atoms with Crippen LogP contribution in [0.1, 0.15) is 22.2 Å². The lowest BCUT2D eigenvalue weighted by atomic mass is 10.4. The van der Waals surface area contributed by atoms with Crippen molar-refractivity contribution < 1.29 is 24.0 Å². The van der Waals surface area contributed by atoms with E-state index < -0.39 is 21.7 Å². The molecule has 174 valence electrons. The Hall–Kier alpha value is -4.22. The van der Waals surface area contributed by atoms with Crippen molar-refractivity contribution in [3.63, 3.8) is 0 Å². The quantitative estimate of drug-likeness (QED) is 0.202. The molecular weight excluding hydrogens is 512 g/mol. The van der Waals surface area contributed by atoms with Crippen LogP contribution in [-0.4, -0.2) is 64.5 Å². The fraction of sp³-hybridized carbons (Fsp3) is 0.333. The van der Waals surface area contributed by atoms with Gasteiger partial charge >= 0.3 is 23.3 Å². The van der Waals surface area contributed by atoms with E-state index in [1.54, 1.807) is 6.92 Å². The Morgan fingerprint density at radius 2 is 1.94 bits per heavy atom. The molecule has 0 aliphatic rings. The molecule has 2 amide bonds. The molecule has 0 unspecified atom stereocenters. The summed E-state index contributed by atoms with van der Waals surface area (Å²) in [7, 11) is 0. The first-order valence-corrected chi connectivity index (χ1v) is 9.86. The maximum atomic E-state index is 12.1. The summed E-state index contributed by atoms with van der Waals surface area (Å²) in [6.45, 7) is 1.43. The normalized spacial score (nSPS) is 10.7. The average Bonchev–Trinajstić information content (AvgIpc) is 3.48. The van der Waals surface area contributed by atoms with E-state index in [4.69, 9.17) is 4.52 Å². The molecule has 3 heterocycles. The van der Waals surface area contributed by atoms with E-state index in [0.717, 1.165) is 17.1 Å². The number of hydrogen-bond acceptors (Lipinski definition) is 11. The van der Waals surface area contributed by atoms with Gasteiger partial charge in [-0.25, -0.2) is 0 Å². The summed E-state index contributed by atoms with van der Waals surface area (Å²) in [4.78, 5) is 48.2. The van der Waals surface area contributed by atoms with Gasteiger partial charge in [-0.3, -0.25) is 24.4 Å². The summed E-state index contributed by atoms with van der Waals surface area (Å²) >= 11 is 3.10. The van der Waals surface area contributed by atoms with Gasteiger partial charge in [0.2, 0.25) is 5.91 Å². The van der Waals surface area contributed by atoms with Crippen LogP contribution in [0.2, 0.25) is 0 Å². The number of hydrogen-bond donors (Lipinski definition) is 2. The second kappa shape index (κ2) is 9.94. The first kappa shape index (κ1) is 23.4. The highest BCUT2D eigenvalue weighted by Crippen LogP contribution is 2.27. The SMILES string of the molecule is Cc1c(Br)c([N+](=O)[O-])nn1Cc1noc(C(=O)NCCNC(=O)Cn2cc([N+](=O)[O-])cn2)n1. The Balaban J connectivity index is 1.45. The van der Waals surface area contributed by atoms with E-state index in [1.807, 2.05) is 0 Å². The lowest BCUT2D eigenvalue weighted by Gasteiger charge is -2.05. The Morgan fingerprint density at radius 1 is 1.21 bits per heavy atom. The average molecular weight is 527 g/mol. The number of nitro groups is 2. The van der Waals surface area contributed by atoms with Crippen molar-refractivity contribution >= 4 is 39.2 Å². The Kier molecular flexibility index (Phi) is 7.06. The third-order valence-electron chi connectivity index (χ3n) is 4.11. The molecule has 0 aliphatic carbocycles. The number of carbonyl (C=O) groups is 2. The Bertz CT molecular complexity index is 1220. The number of aromatic nitrogens is 6. The van der Waals surface area contributed by atoms with Crippen LogP contribution in [0.15, 0.2) is 21.4 Å². The number of halogens is 1. The minimum atomic E-state index is -0.685. The van der Waals surface area contributed by atoms with Gasteiger partial charge < -0.3 is 25.3 Å². The molecule has 0 bridgehead atoms. The van der Waals surface area contributed by atoms with Crippen molar-refractivity contribution in [2.75, 3.05) is 13.1 Å². The first-order valence-electron chi connectivity index (χ1n) is 9.07. The molecule has 0 radical (unpaired) electrons. The predicted octanol–water partition coefficient (Wildman–Crippen LogP) is -0.0556. The molecule has 0 aliphatic heterocycles. The minimum absolute atomic E-state index is 0.0406. The van der Waals surface area contributed by atoms with Gasteiger partial charge in [-0.2, -0.15) is 14.8 Å². The van der Waals surface area contributed by atoms with Crippen molar-refractivity contribution in [2.24, 2.45) is 0 Å². The number of carbonyl (C=O) groups excluding carboxylic acids is 2. The van der Waals surface area contributed by atoms with Gasteiger partial charge in [0.1, 0.15) is 30.0 Å². The zero-order valence-electron chi connectivity index (χ0n) is 16.8. The summed E-state index contributed by atoms with van der Waals surface area (Å²) in [5.74, 6) is -1.76. The van der Waals surface area contributed by atoms with E-state index in [9.17, 15) is 29.8 Å². The number of rotatable bonds is 10. The van der Waals surface area contributed by atoms with E-state index in [1.165, 1.54) is 4.68 Å². The van der Waals surface area contributed by atoms with Gasteiger partial charge in [-0.05, 0) is 27.8 Å². The highest BCUT2D eigenvalue weighted by atomic mass is 79.9.